The van der Waals surface area contributed by atoms with E-state index < -0.39 is 15.9 Å². The van der Waals surface area contributed by atoms with Gasteiger partial charge in [0.05, 0.1) is 23.7 Å². The van der Waals surface area contributed by atoms with E-state index in [2.05, 4.69) is 21.2 Å². The molecule has 1 unspecified atom stereocenters. The lowest BCUT2D eigenvalue weighted by molar-refractivity contribution is -0.120. The molecule has 1 N–H and O–H groups in total. The van der Waals surface area contributed by atoms with Crippen LogP contribution in [0.1, 0.15) is 6.92 Å². The minimum Gasteiger partial charge on any atom is -0.497 e. The second kappa shape index (κ2) is 11.2. The quantitative estimate of drug-likeness (QED) is 0.422. The fourth-order valence-corrected chi connectivity index (χ4v) is 4.87. The van der Waals surface area contributed by atoms with E-state index in [4.69, 9.17) is 9.47 Å². The summed E-state index contributed by atoms with van der Waals surface area (Å²) in [5, 5.41) is 2.80. The molecule has 1 atom stereocenters. The molecule has 0 radical (unpaired) electrons. The SMILES string of the molecule is COc1ccc(OCC(C)NC(=O)CN(c2cccc(Br)c2)S(=O)(=O)c2ccccc2)cc1. The smallest absolute Gasteiger partial charge is 0.264 e. The second-order valence-corrected chi connectivity index (χ2v) is 10.0. The minimum atomic E-state index is -3.96. The lowest BCUT2D eigenvalue weighted by Gasteiger charge is -2.25. The number of carbonyl (C=O) groups excluding carboxylic acids is 1. The molecule has 0 aromatic heterocycles. The molecule has 33 heavy (non-hydrogen) atoms. The molecular formula is C24H25BrN2O5S. The topological polar surface area (TPSA) is 84.9 Å². The van der Waals surface area contributed by atoms with Crippen LogP contribution in [0.4, 0.5) is 5.69 Å². The van der Waals surface area contributed by atoms with Gasteiger partial charge in [-0.15, -0.1) is 0 Å². The first-order valence-electron chi connectivity index (χ1n) is 10.2. The summed E-state index contributed by atoms with van der Waals surface area (Å²) in [6.45, 7) is 1.64. The molecule has 0 spiro atoms. The summed E-state index contributed by atoms with van der Waals surface area (Å²) in [5.41, 5.74) is 0.380. The van der Waals surface area contributed by atoms with Crippen LogP contribution in [0, 0.1) is 0 Å². The van der Waals surface area contributed by atoms with Crippen molar-refractivity contribution in [1.29, 1.82) is 0 Å². The Balaban J connectivity index is 1.70. The molecule has 3 aromatic rings. The van der Waals surface area contributed by atoms with Gasteiger partial charge in [0.1, 0.15) is 24.7 Å². The van der Waals surface area contributed by atoms with Gasteiger partial charge in [-0.05, 0) is 61.5 Å². The number of nitrogens with one attached hydrogen (secondary N) is 1. The lowest BCUT2D eigenvalue weighted by atomic mass is 10.3. The maximum absolute atomic E-state index is 13.3. The number of benzene rings is 3. The van der Waals surface area contributed by atoms with Gasteiger partial charge in [0.15, 0.2) is 0 Å². The molecule has 3 aromatic carbocycles. The number of sulfonamides is 1. The number of ether oxygens (including phenoxy) is 2. The number of anilines is 1. The zero-order valence-corrected chi connectivity index (χ0v) is 20.7. The standard InChI is InChI=1S/C24H25BrN2O5S/c1-18(17-32-22-13-11-21(31-2)12-14-22)26-24(28)16-27(20-8-6-7-19(25)15-20)33(29,30)23-9-4-3-5-10-23/h3-15,18H,16-17H2,1-2H3,(H,26,28). The molecule has 0 heterocycles. The molecule has 1 amide bonds. The number of hydrogen-bond donors (Lipinski definition) is 1. The average molecular weight is 533 g/mol. The normalized spacial score (nSPS) is 12.0. The summed E-state index contributed by atoms with van der Waals surface area (Å²) < 4.78 is 39.3. The number of carbonyl (C=O) groups is 1. The van der Waals surface area contributed by atoms with Crippen molar-refractivity contribution in [1.82, 2.24) is 5.32 Å². The lowest BCUT2D eigenvalue weighted by Crippen LogP contribution is -2.45. The zero-order chi connectivity index (χ0) is 23.8. The van der Waals surface area contributed by atoms with Crippen LogP contribution in [0.5, 0.6) is 11.5 Å². The van der Waals surface area contributed by atoms with E-state index in [0.717, 1.165) is 10.1 Å². The molecular weight excluding hydrogens is 508 g/mol. The van der Waals surface area contributed by atoms with Crippen molar-refractivity contribution in [3.05, 3.63) is 83.3 Å². The van der Waals surface area contributed by atoms with Gasteiger partial charge in [-0.3, -0.25) is 9.10 Å². The Labute approximate surface area is 202 Å². The summed E-state index contributed by atoms with van der Waals surface area (Å²) in [6, 6.07) is 21.6. The van der Waals surface area contributed by atoms with Crippen molar-refractivity contribution in [2.75, 3.05) is 24.6 Å². The van der Waals surface area contributed by atoms with Crippen molar-refractivity contribution in [2.24, 2.45) is 0 Å². The van der Waals surface area contributed by atoms with E-state index in [9.17, 15) is 13.2 Å². The highest BCUT2D eigenvalue weighted by atomic mass is 79.9. The maximum Gasteiger partial charge on any atom is 0.264 e. The summed E-state index contributed by atoms with van der Waals surface area (Å²) in [5.74, 6) is 0.913. The predicted molar refractivity (Wildman–Crippen MR) is 131 cm³/mol. The monoisotopic (exact) mass is 532 g/mol. The third-order valence-electron chi connectivity index (χ3n) is 4.68. The minimum absolute atomic E-state index is 0.105. The van der Waals surface area contributed by atoms with Crippen molar-refractivity contribution < 1.29 is 22.7 Å². The Kier molecular flexibility index (Phi) is 8.35. The third kappa shape index (κ3) is 6.72. The first kappa shape index (κ1) is 24.6. The Morgan fingerprint density at radius 2 is 1.67 bits per heavy atom. The van der Waals surface area contributed by atoms with Crippen molar-refractivity contribution in [3.8, 4) is 11.5 Å². The highest BCUT2D eigenvalue weighted by Crippen LogP contribution is 2.26. The van der Waals surface area contributed by atoms with Gasteiger partial charge in [0, 0.05) is 4.47 Å². The largest absolute Gasteiger partial charge is 0.497 e. The summed E-state index contributed by atoms with van der Waals surface area (Å²) >= 11 is 3.37. The molecule has 0 saturated heterocycles. The Hall–Kier alpha value is -3.04. The summed E-state index contributed by atoms with van der Waals surface area (Å²) in [4.78, 5) is 12.9. The fraction of sp³-hybridized carbons (Fsp3) is 0.208. The van der Waals surface area contributed by atoms with Crippen molar-refractivity contribution in [2.45, 2.75) is 17.9 Å². The average Bonchev–Trinajstić information content (AvgIpc) is 2.82. The molecule has 0 bridgehead atoms. The predicted octanol–water partition coefficient (Wildman–Crippen LogP) is 4.24. The van der Waals surface area contributed by atoms with Crippen LogP contribution in [0.2, 0.25) is 0 Å². The van der Waals surface area contributed by atoms with E-state index in [1.165, 1.54) is 12.1 Å². The molecule has 0 saturated carbocycles. The first-order chi connectivity index (χ1) is 15.8. The third-order valence-corrected chi connectivity index (χ3v) is 6.96. The highest BCUT2D eigenvalue weighted by Gasteiger charge is 2.27. The van der Waals surface area contributed by atoms with Gasteiger partial charge in [-0.1, -0.05) is 40.2 Å². The van der Waals surface area contributed by atoms with Crippen LogP contribution in [0.25, 0.3) is 0 Å². The number of halogens is 1. The van der Waals surface area contributed by atoms with E-state index in [1.54, 1.807) is 80.8 Å². The second-order valence-electron chi connectivity index (χ2n) is 7.26. The van der Waals surface area contributed by atoms with Gasteiger partial charge >= 0.3 is 0 Å². The Morgan fingerprint density at radius 1 is 1.00 bits per heavy atom. The molecule has 174 valence electrons. The highest BCUT2D eigenvalue weighted by molar-refractivity contribution is 9.10. The van der Waals surface area contributed by atoms with Gasteiger partial charge in [0.2, 0.25) is 5.91 Å². The van der Waals surface area contributed by atoms with E-state index in [-0.39, 0.29) is 24.1 Å². The van der Waals surface area contributed by atoms with Gasteiger partial charge in [-0.2, -0.15) is 0 Å². The summed E-state index contributed by atoms with van der Waals surface area (Å²) in [7, 11) is -2.37. The van der Waals surface area contributed by atoms with E-state index >= 15 is 0 Å². The van der Waals surface area contributed by atoms with Gasteiger partial charge in [0.25, 0.3) is 10.0 Å². The van der Waals surface area contributed by atoms with Crippen LogP contribution in [0.3, 0.4) is 0 Å². The number of rotatable bonds is 10. The van der Waals surface area contributed by atoms with Crippen LogP contribution >= 0.6 is 15.9 Å². The van der Waals surface area contributed by atoms with Gasteiger partial charge in [-0.25, -0.2) is 8.42 Å². The van der Waals surface area contributed by atoms with Crippen molar-refractivity contribution >= 4 is 37.5 Å². The molecule has 0 aliphatic carbocycles. The van der Waals surface area contributed by atoms with Gasteiger partial charge < -0.3 is 14.8 Å². The van der Waals surface area contributed by atoms with Crippen molar-refractivity contribution in [3.63, 3.8) is 0 Å². The van der Waals surface area contributed by atoms with E-state index in [0.29, 0.717) is 15.9 Å². The molecule has 0 aliphatic heterocycles. The number of nitrogens with zero attached hydrogens (tertiary/aromatic N) is 1. The number of amides is 1. The number of hydrogen-bond acceptors (Lipinski definition) is 5. The van der Waals surface area contributed by atoms with Crippen LogP contribution < -0.4 is 19.1 Å². The van der Waals surface area contributed by atoms with Crippen LogP contribution in [-0.4, -0.2) is 40.6 Å². The first-order valence-corrected chi connectivity index (χ1v) is 12.4. The summed E-state index contributed by atoms with van der Waals surface area (Å²) in [6.07, 6.45) is 0. The Morgan fingerprint density at radius 3 is 2.30 bits per heavy atom. The Bertz CT molecular complexity index is 1170. The molecule has 0 aliphatic rings. The molecule has 3 rings (SSSR count). The zero-order valence-electron chi connectivity index (χ0n) is 18.3. The molecule has 7 nitrogen and oxygen atoms in total. The number of methoxy groups -OCH3 is 1. The molecule has 9 heteroatoms. The van der Waals surface area contributed by atoms with Crippen LogP contribution in [0.15, 0.2) is 88.2 Å². The molecule has 0 fully saturated rings. The maximum atomic E-state index is 13.3. The fourth-order valence-electron chi connectivity index (χ4n) is 3.05. The van der Waals surface area contributed by atoms with E-state index in [1.807, 2.05) is 0 Å². The van der Waals surface area contributed by atoms with Crippen LogP contribution in [-0.2, 0) is 14.8 Å².